The van der Waals surface area contributed by atoms with Crippen molar-refractivity contribution in [2.24, 2.45) is 7.05 Å². The van der Waals surface area contributed by atoms with E-state index in [4.69, 9.17) is 0 Å². The molecule has 1 unspecified atom stereocenters. The van der Waals surface area contributed by atoms with Crippen molar-refractivity contribution in [3.05, 3.63) is 11.9 Å². The molecule has 0 bridgehead atoms. The number of carbonyl (C=O) groups is 1. The second-order valence-electron chi connectivity index (χ2n) is 3.82. The molecule has 1 amide bonds. The summed E-state index contributed by atoms with van der Waals surface area (Å²) in [4.78, 5) is 13.6. The van der Waals surface area contributed by atoms with Crippen molar-refractivity contribution in [2.75, 3.05) is 13.1 Å². The molecule has 6 heteroatoms. The summed E-state index contributed by atoms with van der Waals surface area (Å²) in [7, 11) is 1.82. The van der Waals surface area contributed by atoms with Crippen LogP contribution in [-0.4, -0.2) is 44.9 Å². The first kappa shape index (κ1) is 10.1. The number of amides is 1. The number of nitrogens with one attached hydrogen (secondary N) is 1. The van der Waals surface area contributed by atoms with Crippen LogP contribution in [-0.2, 0) is 18.4 Å². The lowest BCUT2D eigenvalue weighted by atomic mass is 10.2. The van der Waals surface area contributed by atoms with E-state index in [9.17, 15) is 4.79 Å². The summed E-state index contributed by atoms with van der Waals surface area (Å²) < 4.78 is 1.64. The van der Waals surface area contributed by atoms with Crippen molar-refractivity contribution in [1.82, 2.24) is 25.2 Å². The fraction of sp³-hybridized carbons (Fsp3) is 0.667. The molecule has 1 aromatic heterocycles. The molecule has 1 aromatic rings. The maximum absolute atomic E-state index is 11.7. The van der Waals surface area contributed by atoms with Crippen LogP contribution >= 0.6 is 0 Å². The van der Waals surface area contributed by atoms with Gasteiger partial charge in [-0.15, -0.1) is 5.10 Å². The fourth-order valence-electron chi connectivity index (χ4n) is 1.71. The number of hydrogen-bond acceptors (Lipinski definition) is 4. The van der Waals surface area contributed by atoms with Crippen molar-refractivity contribution < 1.29 is 4.79 Å². The Bertz CT molecular complexity index is 361. The van der Waals surface area contributed by atoms with E-state index in [2.05, 4.69) is 15.6 Å². The normalized spacial score (nSPS) is 22.1. The van der Waals surface area contributed by atoms with Gasteiger partial charge in [0.1, 0.15) is 5.69 Å². The standard InChI is InChI=1S/C9H15N5O/c1-7-9(15)14(4-3-10-7)6-8-5-13(2)12-11-8/h5,7,10H,3-4,6H2,1-2H3. The molecule has 0 radical (unpaired) electrons. The quantitative estimate of drug-likeness (QED) is 0.688. The molecule has 1 N–H and O–H groups in total. The highest BCUT2D eigenvalue weighted by Crippen LogP contribution is 2.05. The molecule has 1 aliphatic rings. The predicted octanol–water partition coefficient (Wildman–Crippen LogP) is -0.865. The van der Waals surface area contributed by atoms with Gasteiger partial charge in [-0.1, -0.05) is 5.21 Å². The van der Waals surface area contributed by atoms with Crippen LogP contribution in [0.15, 0.2) is 6.20 Å². The van der Waals surface area contributed by atoms with Gasteiger partial charge in [-0.05, 0) is 6.92 Å². The smallest absolute Gasteiger partial charge is 0.239 e. The molecule has 0 saturated carbocycles. The van der Waals surface area contributed by atoms with E-state index >= 15 is 0 Å². The van der Waals surface area contributed by atoms with Gasteiger partial charge in [-0.3, -0.25) is 9.48 Å². The molecule has 1 fully saturated rings. The molecule has 1 atom stereocenters. The van der Waals surface area contributed by atoms with E-state index in [1.54, 1.807) is 4.68 Å². The van der Waals surface area contributed by atoms with Crippen molar-refractivity contribution in [2.45, 2.75) is 19.5 Å². The molecule has 0 aliphatic carbocycles. The summed E-state index contributed by atoms with van der Waals surface area (Å²) in [5, 5.41) is 10.9. The summed E-state index contributed by atoms with van der Waals surface area (Å²) in [5.41, 5.74) is 0.833. The van der Waals surface area contributed by atoms with Gasteiger partial charge in [0.25, 0.3) is 0 Å². The van der Waals surface area contributed by atoms with Crippen LogP contribution in [0.1, 0.15) is 12.6 Å². The summed E-state index contributed by atoms with van der Waals surface area (Å²) >= 11 is 0. The van der Waals surface area contributed by atoms with Gasteiger partial charge in [0, 0.05) is 26.3 Å². The van der Waals surface area contributed by atoms with Crippen molar-refractivity contribution in [3.8, 4) is 0 Å². The Kier molecular flexibility index (Phi) is 2.68. The molecule has 0 spiro atoms. The Balaban J connectivity index is 2.02. The van der Waals surface area contributed by atoms with Crippen LogP contribution in [0.5, 0.6) is 0 Å². The van der Waals surface area contributed by atoms with Gasteiger partial charge in [0.2, 0.25) is 5.91 Å². The third-order valence-electron chi connectivity index (χ3n) is 2.52. The van der Waals surface area contributed by atoms with E-state index < -0.39 is 0 Å². The molecule has 6 nitrogen and oxygen atoms in total. The second kappa shape index (κ2) is 3.98. The van der Waals surface area contributed by atoms with Gasteiger partial charge in [-0.25, -0.2) is 0 Å². The summed E-state index contributed by atoms with van der Waals surface area (Å²) in [6.07, 6.45) is 1.83. The molecule has 1 saturated heterocycles. The molecule has 2 heterocycles. The van der Waals surface area contributed by atoms with Gasteiger partial charge < -0.3 is 10.2 Å². The number of carbonyl (C=O) groups excluding carboxylic acids is 1. The Morgan fingerprint density at radius 3 is 3.13 bits per heavy atom. The van der Waals surface area contributed by atoms with Gasteiger partial charge in [0.05, 0.1) is 12.6 Å². The van der Waals surface area contributed by atoms with Crippen LogP contribution < -0.4 is 5.32 Å². The van der Waals surface area contributed by atoms with E-state index in [1.807, 2.05) is 25.1 Å². The van der Waals surface area contributed by atoms with E-state index in [0.717, 1.165) is 18.8 Å². The third kappa shape index (κ3) is 2.15. The van der Waals surface area contributed by atoms with E-state index in [1.165, 1.54) is 0 Å². The first-order chi connectivity index (χ1) is 7.16. The third-order valence-corrected chi connectivity index (χ3v) is 2.52. The second-order valence-corrected chi connectivity index (χ2v) is 3.82. The van der Waals surface area contributed by atoms with Crippen LogP contribution in [0.3, 0.4) is 0 Å². The first-order valence-corrected chi connectivity index (χ1v) is 5.04. The molecule has 1 aliphatic heterocycles. The predicted molar refractivity (Wildman–Crippen MR) is 53.9 cm³/mol. The molecule has 2 rings (SSSR count). The van der Waals surface area contributed by atoms with Gasteiger partial charge in [0.15, 0.2) is 0 Å². The SMILES string of the molecule is CC1NCCN(Cc2cn(C)nn2)C1=O. The van der Waals surface area contributed by atoms with Crippen molar-refractivity contribution in [1.29, 1.82) is 0 Å². The topological polar surface area (TPSA) is 63.1 Å². The molecular weight excluding hydrogens is 194 g/mol. The highest BCUT2D eigenvalue weighted by atomic mass is 16.2. The Morgan fingerprint density at radius 2 is 2.47 bits per heavy atom. The minimum absolute atomic E-state index is 0.0876. The number of rotatable bonds is 2. The van der Waals surface area contributed by atoms with Crippen LogP contribution in [0.2, 0.25) is 0 Å². The maximum Gasteiger partial charge on any atom is 0.239 e. The summed E-state index contributed by atoms with van der Waals surface area (Å²) in [5.74, 6) is 0.131. The number of aromatic nitrogens is 3. The molecular formula is C9H15N5O. The van der Waals surface area contributed by atoms with Crippen LogP contribution in [0.4, 0.5) is 0 Å². The first-order valence-electron chi connectivity index (χ1n) is 5.04. The summed E-state index contributed by atoms with van der Waals surface area (Å²) in [6.45, 7) is 4.01. The lowest BCUT2D eigenvalue weighted by Crippen LogP contribution is -2.53. The Hall–Kier alpha value is -1.43. The number of hydrogen-bond donors (Lipinski definition) is 1. The maximum atomic E-state index is 11.7. The summed E-state index contributed by atoms with van der Waals surface area (Å²) in [6, 6.07) is -0.0876. The highest BCUT2D eigenvalue weighted by molar-refractivity contribution is 5.82. The number of nitrogens with zero attached hydrogens (tertiary/aromatic N) is 4. The monoisotopic (exact) mass is 209 g/mol. The zero-order valence-corrected chi connectivity index (χ0v) is 8.97. The lowest BCUT2D eigenvalue weighted by molar-refractivity contribution is -0.135. The zero-order valence-electron chi connectivity index (χ0n) is 8.97. The van der Waals surface area contributed by atoms with E-state index in [0.29, 0.717) is 6.54 Å². The number of aryl methyl sites for hydroxylation is 1. The van der Waals surface area contributed by atoms with Crippen LogP contribution in [0.25, 0.3) is 0 Å². The average molecular weight is 209 g/mol. The zero-order chi connectivity index (χ0) is 10.8. The Morgan fingerprint density at radius 1 is 1.67 bits per heavy atom. The molecule has 82 valence electrons. The van der Waals surface area contributed by atoms with Crippen LogP contribution in [0, 0.1) is 0 Å². The lowest BCUT2D eigenvalue weighted by Gasteiger charge is -2.30. The largest absolute Gasteiger partial charge is 0.334 e. The minimum Gasteiger partial charge on any atom is -0.334 e. The van der Waals surface area contributed by atoms with Gasteiger partial charge >= 0.3 is 0 Å². The van der Waals surface area contributed by atoms with Gasteiger partial charge in [-0.2, -0.15) is 0 Å². The minimum atomic E-state index is -0.0876. The van der Waals surface area contributed by atoms with E-state index in [-0.39, 0.29) is 11.9 Å². The fourth-order valence-corrected chi connectivity index (χ4v) is 1.71. The van der Waals surface area contributed by atoms with Crippen molar-refractivity contribution >= 4 is 5.91 Å². The molecule has 0 aromatic carbocycles. The Labute approximate surface area is 88.2 Å². The number of piperazine rings is 1. The average Bonchev–Trinajstić information content (AvgIpc) is 2.59. The highest BCUT2D eigenvalue weighted by Gasteiger charge is 2.24. The molecule has 15 heavy (non-hydrogen) atoms. The van der Waals surface area contributed by atoms with Crippen molar-refractivity contribution in [3.63, 3.8) is 0 Å².